The van der Waals surface area contributed by atoms with Crippen LogP contribution in [0.4, 0.5) is 19.3 Å². The maximum Gasteiger partial charge on any atom is 0.319 e. The molecule has 7 heteroatoms. The average Bonchev–Trinajstić information content (AvgIpc) is 2.67. The van der Waals surface area contributed by atoms with Crippen molar-refractivity contribution in [1.82, 2.24) is 10.2 Å². The quantitative estimate of drug-likeness (QED) is 0.739. The van der Waals surface area contributed by atoms with Gasteiger partial charge in [-0.3, -0.25) is 4.90 Å². The van der Waals surface area contributed by atoms with Crippen molar-refractivity contribution in [3.63, 3.8) is 0 Å². The summed E-state index contributed by atoms with van der Waals surface area (Å²) >= 11 is 1.59. The Hall–Kier alpha value is -2.12. The highest BCUT2D eigenvalue weighted by molar-refractivity contribution is 7.98. The van der Waals surface area contributed by atoms with Gasteiger partial charge < -0.3 is 10.6 Å². The molecule has 3 rings (SSSR count). The van der Waals surface area contributed by atoms with E-state index in [1.54, 1.807) is 17.8 Å². The van der Waals surface area contributed by atoms with E-state index in [1.807, 2.05) is 30.5 Å². The van der Waals surface area contributed by atoms with Crippen molar-refractivity contribution in [2.45, 2.75) is 30.3 Å². The third kappa shape index (κ3) is 5.43. The molecule has 2 aromatic rings. The molecular formula is C20H23F2N3OS. The van der Waals surface area contributed by atoms with Crippen molar-refractivity contribution >= 4 is 23.5 Å². The molecule has 0 saturated carbocycles. The number of para-hydroxylation sites is 1. The molecule has 4 nitrogen and oxygen atoms in total. The number of amides is 2. The molecule has 0 unspecified atom stereocenters. The first-order chi connectivity index (χ1) is 13.0. The number of nitrogens with zero attached hydrogens (tertiary/aromatic N) is 1. The van der Waals surface area contributed by atoms with E-state index in [0.717, 1.165) is 48.1 Å². The molecule has 2 N–H and O–H groups in total. The van der Waals surface area contributed by atoms with Gasteiger partial charge in [0.2, 0.25) is 0 Å². The summed E-state index contributed by atoms with van der Waals surface area (Å²) in [6, 6.07) is 11.6. The van der Waals surface area contributed by atoms with E-state index in [9.17, 15) is 13.6 Å². The van der Waals surface area contributed by atoms with Crippen LogP contribution in [0.1, 0.15) is 18.4 Å². The normalized spacial score (nSPS) is 15.5. The van der Waals surface area contributed by atoms with Gasteiger partial charge in [-0.15, -0.1) is 11.8 Å². The van der Waals surface area contributed by atoms with Crippen molar-refractivity contribution in [2.24, 2.45) is 0 Å². The van der Waals surface area contributed by atoms with Gasteiger partial charge in [-0.1, -0.05) is 18.2 Å². The highest BCUT2D eigenvalue weighted by atomic mass is 32.2. The predicted octanol–water partition coefficient (Wildman–Crippen LogP) is 4.47. The molecule has 0 radical (unpaired) electrons. The molecule has 144 valence electrons. The summed E-state index contributed by atoms with van der Waals surface area (Å²) in [5.74, 6) is -1.64. The molecule has 0 aromatic heterocycles. The molecule has 1 aliphatic rings. The Morgan fingerprint density at radius 2 is 1.89 bits per heavy atom. The van der Waals surface area contributed by atoms with Crippen molar-refractivity contribution in [3.05, 3.63) is 59.7 Å². The van der Waals surface area contributed by atoms with Crippen molar-refractivity contribution in [3.8, 4) is 0 Å². The van der Waals surface area contributed by atoms with Gasteiger partial charge in [-0.05, 0) is 48.9 Å². The Balaban J connectivity index is 1.46. The third-order valence-electron chi connectivity index (χ3n) is 4.67. The van der Waals surface area contributed by atoms with Gasteiger partial charge in [0.1, 0.15) is 0 Å². The van der Waals surface area contributed by atoms with Gasteiger partial charge in [0.15, 0.2) is 11.6 Å². The fraction of sp³-hybridized carbons (Fsp3) is 0.350. The smallest absolute Gasteiger partial charge is 0.319 e. The zero-order chi connectivity index (χ0) is 19.2. The first-order valence-corrected chi connectivity index (χ1v) is 10.1. The molecule has 2 aromatic carbocycles. The summed E-state index contributed by atoms with van der Waals surface area (Å²) in [5.41, 5.74) is 1.56. The summed E-state index contributed by atoms with van der Waals surface area (Å²) in [4.78, 5) is 15.5. The minimum atomic E-state index is -0.823. The fourth-order valence-corrected chi connectivity index (χ4v) is 3.78. The molecule has 0 atom stereocenters. The Bertz CT molecular complexity index is 795. The third-order valence-corrected chi connectivity index (χ3v) is 5.46. The van der Waals surface area contributed by atoms with E-state index in [0.29, 0.717) is 6.54 Å². The van der Waals surface area contributed by atoms with E-state index in [2.05, 4.69) is 15.5 Å². The second kappa shape index (κ2) is 9.19. The van der Waals surface area contributed by atoms with Gasteiger partial charge in [0.25, 0.3) is 0 Å². The summed E-state index contributed by atoms with van der Waals surface area (Å²) in [6.07, 6.45) is 3.61. The number of hydrogen-bond acceptors (Lipinski definition) is 3. The van der Waals surface area contributed by atoms with Crippen LogP contribution in [0, 0.1) is 11.6 Å². The van der Waals surface area contributed by atoms with Crippen LogP contribution < -0.4 is 10.6 Å². The van der Waals surface area contributed by atoms with Gasteiger partial charge >= 0.3 is 6.03 Å². The van der Waals surface area contributed by atoms with E-state index < -0.39 is 11.6 Å². The van der Waals surface area contributed by atoms with Crippen molar-refractivity contribution in [2.75, 3.05) is 24.7 Å². The number of likely N-dealkylation sites (tertiary alicyclic amines) is 1. The molecule has 0 aliphatic carbocycles. The average molecular weight is 391 g/mol. The molecule has 1 fully saturated rings. The highest BCUT2D eigenvalue weighted by Crippen LogP contribution is 2.24. The summed E-state index contributed by atoms with van der Waals surface area (Å²) in [5, 5.41) is 5.93. The van der Waals surface area contributed by atoms with E-state index >= 15 is 0 Å². The maximum atomic E-state index is 13.3. The summed E-state index contributed by atoms with van der Waals surface area (Å²) < 4.78 is 26.3. The second-order valence-corrected chi connectivity index (χ2v) is 7.45. The van der Waals surface area contributed by atoms with Gasteiger partial charge in [0.05, 0.1) is 5.69 Å². The Labute approximate surface area is 162 Å². The fourth-order valence-electron chi connectivity index (χ4n) is 3.22. The number of halogens is 2. The minimum absolute atomic E-state index is 0.104. The van der Waals surface area contributed by atoms with E-state index in [1.165, 1.54) is 6.07 Å². The zero-order valence-electron chi connectivity index (χ0n) is 15.2. The van der Waals surface area contributed by atoms with Crippen LogP contribution in [0.15, 0.2) is 47.4 Å². The zero-order valence-corrected chi connectivity index (χ0v) is 16.0. The standard InChI is InChI=1S/C20H23F2N3OS/c1-27-19-5-3-2-4-18(19)24-20(26)23-15-8-10-25(11-9-15)13-14-6-7-16(21)17(22)12-14/h2-7,12,15H,8-11,13H2,1H3,(H2,23,24,26). The van der Waals surface area contributed by atoms with Crippen LogP contribution in [0.25, 0.3) is 0 Å². The number of carbonyl (C=O) groups is 1. The molecule has 2 amide bonds. The number of hydrogen-bond donors (Lipinski definition) is 2. The molecule has 0 spiro atoms. The first kappa shape index (κ1) is 19.6. The number of urea groups is 1. The van der Waals surface area contributed by atoms with E-state index in [-0.39, 0.29) is 12.1 Å². The maximum absolute atomic E-state index is 13.3. The van der Waals surface area contributed by atoms with Gasteiger partial charge in [0, 0.05) is 30.6 Å². The van der Waals surface area contributed by atoms with E-state index in [4.69, 9.17) is 0 Å². The molecular weight excluding hydrogens is 368 g/mol. The number of piperidine rings is 1. The van der Waals surface area contributed by atoms with Crippen molar-refractivity contribution < 1.29 is 13.6 Å². The SMILES string of the molecule is CSc1ccccc1NC(=O)NC1CCN(Cc2ccc(F)c(F)c2)CC1. The number of benzene rings is 2. The van der Waals surface area contributed by atoms with Crippen LogP contribution in [0.2, 0.25) is 0 Å². The largest absolute Gasteiger partial charge is 0.335 e. The van der Waals surface area contributed by atoms with Crippen LogP contribution >= 0.6 is 11.8 Å². The minimum Gasteiger partial charge on any atom is -0.335 e. The Morgan fingerprint density at radius 1 is 1.15 bits per heavy atom. The Kier molecular flexibility index (Phi) is 6.68. The van der Waals surface area contributed by atoms with Crippen LogP contribution in [0.5, 0.6) is 0 Å². The summed E-state index contributed by atoms with van der Waals surface area (Å²) in [6.45, 7) is 2.17. The molecule has 1 heterocycles. The molecule has 27 heavy (non-hydrogen) atoms. The topological polar surface area (TPSA) is 44.4 Å². The number of carbonyl (C=O) groups excluding carboxylic acids is 1. The van der Waals surface area contributed by atoms with Gasteiger partial charge in [-0.2, -0.15) is 0 Å². The number of nitrogens with one attached hydrogen (secondary N) is 2. The lowest BCUT2D eigenvalue weighted by Gasteiger charge is -2.32. The Morgan fingerprint density at radius 3 is 2.59 bits per heavy atom. The van der Waals surface area contributed by atoms with Crippen LogP contribution in [-0.2, 0) is 6.54 Å². The summed E-state index contributed by atoms with van der Waals surface area (Å²) in [7, 11) is 0. The lowest BCUT2D eigenvalue weighted by molar-refractivity contribution is 0.189. The predicted molar refractivity (Wildman–Crippen MR) is 105 cm³/mol. The van der Waals surface area contributed by atoms with Crippen LogP contribution in [0.3, 0.4) is 0 Å². The first-order valence-electron chi connectivity index (χ1n) is 8.92. The monoisotopic (exact) mass is 391 g/mol. The molecule has 1 aliphatic heterocycles. The second-order valence-electron chi connectivity index (χ2n) is 6.60. The molecule has 0 bridgehead atoms. The highest BCUT2D eigenvalue weighted by Gasteiger charge is 2.21. The lowest BCUT2D eigenvalue weighted by Crippen LogP contribution is -2.45. The van der Waals surface area contributed by atoms with Crippen molar-refractivity contribution in [1.29, 1.82) is 0 Å². The van der Waals surface area contributed by atoms with Gasteiger partial charge in [-0.25, -0.2) is 13.6 Å². The number of anilines is 1. The van der Waals surface area contributed by atoms with Crippen LogP contribution in [-0.4, -0.2) is 36.3 Å². The lowest BCUT2D eigenvalue weighted by atomic mass is 10.0. The number of thioether (sulfide) groups is 1. The number of rotatable bonds is 5. The molecule has 1 saturated heterocycles.